The molecule has 1 aromatic carbocycles. The van der Waals surface area contributed by atoms with Crippen LogP contribution in [0.2, 0.25) is 0 Å². The van der Waals surface area contributed by atoms with Crippen LogP contribution < -0.4 is 0 Å². The van der Waals surface area contributed by atoms with Gasteiger partial charge in [0.25, 0.3) is 0 Å². The van der Waals surface area contributed by atoms with Crippen LogP contribution in [0.15, 0.2) is 18.2 Å². The molecule has 0 spiro atoms. The summed E-state index contributed by atoms with van der Waals surface area (Å²) in [5.74, 6) is 2.73. The fraction of sp³-hybridized carbons (Fsp3) is 0.273. The molecule has 0 aromatic heterocycles. The van der Waals surface area contributed by atoms with Crippen LogP contribution in [-0.4, -0.2) is 0 Å². The highest BCUT2D eigenvalue weighted by molar-refractivity contribution is 5.46. The number of hydrogen-bond acceptors (Lipinski definition) is 0. The summed E-state index contributed by atoms with van der Waals surface area (Å²) in [5.41, 5.74) is 3.97. The van der Waals surface area contributed by atoms with E-state index in [1.807, 2.05) is 6.07 Å². The van der Waals surface area contributed by atoms with E-state index in [-0.39, 0.29) is 0 Å². The number of terminal acetylenes is 1. The van der Waals surface area contributed by atoms with Crippen LogP contribution in [-0.2, 0) is 12.8 Å². The number of hydrogen-bond donors (Lipinski definition) is 0. The molecule has 0 fully saturated rings. The van der Waals surface area contributed by atoms with E-state index in [1.165, 1.54) is 30.4 Å². The van der Waals surface area contributed by atoms with Gasteiger partial charge in [-0.2, -0.15) is 0 Å². The van der Waals surface area contributed by atoms with Gasteiger partial charge in [0, 0.05) is 5.56 Å². The maximum absolute atomic E-state index is 5.37. The van der Waals surface area contributed by atoms with Gasteiger partial charge in [-0.05, 0) is 36.5 Å². The second-order valence-electron chi connectivity index (χ2n) is 2.94. The lowest BCUT2D eigenvalue weighted by atomic mass is 10.0. The topological polar surface area (TPSA) is 0 Å². The van der Waals surface area contributed by atoms with Crippen molar-refractivity contribution in [1.82, 2.24) is 0 Å². The zero-order chi connectivity index (χ0) is 7.68. The fourth-order valence-corrected chi connectivity index (χ4v) is 1.75. The molecule has 0 amide bonds. The molecule has 0 nitrogen and oxygen atoms in total. The molecule has 0 saturated heterocycles. The van der Waals surface area contributed by atoms with Gasteiger partial charge in [-0.1, -0.05) is 18.1 Å². The van der Waals surface area contributed by atoms with Crippen molar-refractivity contribution in [2.45, 2.75) is 19.3 Å². The van der Waals surface area contributed by atoms with Gasteiger partial charge in [0.1, 0.15) is 0 Å². The first-order valence-corrected chi connectivity index (χ1v) is 3.99. The van der Waals surface area contributed by atoms with Crippen molar-refractivity contribution in [3.8, 4) is 12.3 Å². The molecule has 2 rings (SSSR count). The monoisotopic (exact) mass is 142 g/mol. The van der Waals surface area contributed by atoms with E-state index in [2.05, 4.69) is 18.1 Å². The van der Waals surface area contributed by atoms with Crippen LogP contribution in [0, 0.1) is 12.3 Å². The Morgan fingerprint density at radius 2 is 2.18 bits per heavy atom. The molecule has 0 saturated carbocycles. The Balaban J connectivity index is 2.61. The molecular weight excluding hydrogens is 132 g/mol. The number of aryl methyl sites for hydroxylation is 1. The fourth-order valence-electron chi connectivity index (χ4n) is 1.75. The number of rotatable bonds is 0. The van der Waals surface area contributed by atoms with E-state index in [9.17, 15) is 0 Å². The van der Waals surface area contributed by atoms with Gasteiger partial charge in [0.05, 0.1) is 0 Å². The molecular formula is C11H10. The van der Waals surface area contributed by atoms with Crippen molar-refractivity contribution in [2.24, 2.45) is 0 Å². The summed E-state index contributed by atoms with van der Waals surface area (Å²) in [6.45, 7) is 0. The first-order valence-electron chi connectivity index (χ1n) is 3.99. The van der Waals surface area contributed by atoms with Crippen LogP contribution in [0.5, 0.6) is 0 Å². The number of benzene rings is 1. The predicted molar refractivity (Wildman–Crippen MR) is 46.4 cm³/mol. The van der Waals surface area contributed by atoms with Crippen molar-refractivity contribution in [2.75, 3.05) is 0 Å². The molecule has 1 aromatic rings. The maximum atomic E-state index is 5.37. The molecule has 1 aliphatic carbocycles. The standard InChI is InChI=1S/C11H10/c1-2-9-5-3-6-10-7-4-8-11(9)10/h1,3,5-6H,4,7-8H2. The Morgan fingerprint density at radius 1 is 1.27 bits per heavy atom. The second-order valence-corrected chi connectivity index (χ2v) is 2.94. The van der Waals surface area contributed by atoms with E-state index < -0.39 is 0 Å². The van der Waals surface area contributed by atoms with Crippen molar-refractivity contribution in [3.05, 3.63) is 34.9 Å². The van der Waals surface area contributed by atoms with E-state index in [4.69, 9.17) is 6.42 Å². The lowest BCUT2D eigenvalue weighted by Crippen LogP contribution is -1.86. The highest BCUT2D eigenvalue weighted by atomic mass is 14.2. The smallest absolute Gasteiger partial charge is 0.0277 e. The van der Waals surface area contributed by atoms with Crippen molar-refractivity contribution < 1.29 is 0 Å². The van der Waals surface area contributed by atoms with Crippen LogP contribution in [0.4, 0.5) is 0 Å². The van der Waals surface area contributed by atoms with Crippen molar-refractivity contribution in [1.29, 1.82) is 0 Å². The SMILES string of the molecule is C#Cc1cccc2c1CCC2. The molecule has 0 aliphatic heterocycles. The van der Waals surface area contributed by atoms with Crippen LogP contribution in [0.1, 0.15) is 23.1 Å². The van der Waals surface area contributed by atoms with Crippen LogP contribution in [0.3, 0.4) is 0 Å². The van der Waals surface area contributed by atoms with Crippen molar-refractivity contribution >= 4 is 0 Å². The molecule has 0 atom stereocenters. The minimum Gasteiger partial charge on any atom is -0.115 e. The van der Waals surface area contributed by atoms with Gasteiger partial charge in [-0.15, -0.1) is 6.42 Å². The Hall–Kier alpha value is -1.22. The van der Waals surface area contributed by atoms with Gasteiger partial charge in [0.15, 0.2) is 0 Å². The van der Waals surface area contributed by atoms with E-state index >= 15 is 0 Å². The van der Waals surface area contributed by atoms with Gasteiger partial charge < -0.3 is 0 Å². The first-order chi connectivity index (χ1) is 5.42. The van der Waals surface area contributed by atoms with Gasteiger partial charge in [-0.3, -0.25) is 0 Å². The lowest BCUT2D eigenvalue weighted by molar-refractivity contribution is 0.911. The molecule has 0 N–H and O–H groups in total. The lowest BCUT2D eigenvalue weighted by Gasteiger charge is -1.99. The summed E-state index contributed by atoms with van der Waals surface area (Å²) in [4.78, 5) is 0. The van der Waals surface area contributed by atoms with Gasteiger partial charge in [0.2, 0.25) is 0 Å². The number of fused-ring (bicyclic) bond motifs is 1. The predicted octanol–water partition coefficient (Wildman–Crippen LogP) is 2.16. The summed E-state index contributed by atoms with van der Waals surface area (Å²) in [6.07, 6.45) is 9.03. The highest BCUT2D eigenvalue weighted by Gasteiger charge is 2.12. The van der Waals surface area contributed by atoms with Crippen LogP contribution in [0.25, 0.3) is 0 Å². The Bertz CT molecular complexity index is 315. The molecule has 54 valence electrons. The molecule has 1 aliphatic rings. The molecule has 0 radical (unpaired) electrons. The summed E-state index contributed by atoms with van der Waals surface area (Å²) in [6, 6.07) is 6.27. The molecule has 0 heteroatoms. The molecule has 11 heavy (non-hydrogen) atoms. The average Bonchev–Trinajstić information content (AvgIpc) is 2.50. The second kappa shape index (κ2) is 2.43. The average molecular weight is 142 g/mol. The largest absolute Gasteiger partial charge is 0.115 e. The van der Waals surface area contributed by atoms with Crippen molar-refractivity contribution in [3.63, 3.8) is 0 Å². The van der Waals surface area contributed by atoms with Crippen LogP contribution >= 0.6 is 0 Å². The zero-order valence-corrected chi connectivity index (χ0v) is 6.43. The first kappa shape index (κ1) is 6.49. The van der Waals surface area contributed by atoms with Gasteiger partial charge >= 0.3 is 0 Å². The minimum atomic E-state index is 1.10. The third-order valence-corrected chi connectivity index (χ3v) is 2.30. The van der Waals surface area contributed by atoms with E-state index in [0.29, 0.717) is 0 Å². The normalized spacial score (nSPS) is 14.1. The van der Waals surface area contributed by atoms with E-state index in [0.717, 1.165) is 5.56 Å². The molecule has 0 heterocycles. The third-order valence-electron chi connectivity index (χ3n) is 2.30. The summed E-state index contributed by atoms with van der Waals surface area (Å²) >= 11 is 0. The Kier molecular flexibility index (Phi) is 1.43. The Labute approximate surface area is 67.2 Å². The summed E-state index contributed by atoms with van der Waals surface area (Å²) < 4.78 is 0. The summed E-state index contributed by atoms with van der Waals surface area (Å²) in [7, 11) is 0. The quantitative estimate of drug-likeness (QED) is 0.487. The zero-order valence-electron chi connectivity index (χ0n) is 6.43. The maximum Gasteiger partial charge on any atom is 0.0277 e. The highest BCUT2D eigenvalue weighted by Crippen LogP contribution is 2.24. The van der Waals surface area contributed by atoms with E-state index in [1.54, 1.807) is 0 Å². The van der Waals surface area contributed by atoms with Gasteiger partial charge in [-0.25, -0.2) is 0 Å². The molecule has 0 unspecified atom stereocenters. The summed E-state index contributed by atoms with van der Waals surface area (Å²) in [5, 5.41) is 0. The third kappa shape index (κ3) is 0.935. The molecule has 0 bridgehead atoms. The Morgan fingerprint density at radius 3 is 3.00 bits per heavy atom. The minimum absolute atomic E-state index is 1.10.